The summed E-state index contributed by atoms with van der Waals surface area (Å²) in [4.78, 5) is 0.373. The van der Waals surface area contributed by atoms with Crippen LogP contribution in [0.15, 0.2) is 29.2 Å². The quantitative estimate of drug-likeness (QED) is 0.816. The Hall–Kier alpha value is -0.910. The van der Waals surface area contributed by atoms with Gasteiger partial charge in [0.15, 0.2) is 9.84 Å². The molecule has 2 rings (SSSR count). The highest BCUT2D eigenvalue weighted by Crippen LogP contribution is 2.20. The number of nitrogens with one attached hydrogen (secondary N) is 2. The molecule has 4 nitrogen and oxygen atoms in total. The van der Waals surface area contributed by atoms with Crippen LogP contribution in [0.5, 0.6) is 0 Å². The first-order chi connectivity index (χ1) is 7.98. The summed E-state index contributed by atoms with van der Waals surface area (Å²) in [5.74, 6) is 0. The molecule has 1 aromatic rings. The fourth-order valence-electron chi connectivity index (χ4n) is 2.15. The van der Waals surface area contributed by atoms with Gasteiger partial charge in [-0.3, -0.25) is 0 Å². The lowest BCUT2D eigenvalue weighted by Crippen LogP contribution is -2.48. The van der Waals surface area contributed by atoms with Gasteiger partial charge in [0.2, 0.25) is 0 Å². The first-order valence-electron chi connectivity index (χ1n) is 5.75. The number of piperazine rings is 1. The first kappa shape index (κ1) is 12.5. The summed E-state index contributed by atoms with van der Waals surface area (Å²) < 4.78 is 22.7. The maximum atomic E-state index is 11.4. The highest BCUT2D eigenvalue weighted by Gasteiger charge is 2.21. The molecular weight excluding hydrogens is 236 g/mol. The largest absolute Gasteiger partial charge is 0.311 e. The normalized spacial score (nSPS) is 25.8. The highest BCUT2D eigenvalue weighted by atomic mass is 32.2. The summed E-state index contributed by atoms with van der Waals surface area (Å²) in [7, 11) is -3.10. The van der Waals surface area contributed by atoms with E-state index in [1.54, 1.807) is 12.1 Å². The number of benzene rings is 1. The van der Waals surface area contributed by atoms with Gasteiger partial charge in [-0.15, -0.1) is 0 Å². The van der Waals surface area contributed by atoms with Crippen molar-refractivity contribution >= 4 is 9.84 Å². The van der Waals surface area contributed by atoms with Crippen LogP contribution in [-0.2, 0) is 9.84 Å². The second-order valence-electron chi connectivity index (χ2n) is 4.52. The van der Waals surface area contributed by atoms with E-state index in [0.717, 1.165) is 18.7 Å². The maximum Gasteiger partial charge on any atom is 0.175 e. The van der Waals surface area contributed by atoms with Crippen LogP contribution >= 0.6 is 0 Å². The van der Waals surface area contributed by atoms with Crippen molar-refractivity contribution in [2.45, 2.75) is 23.9 Å². The van der Waals surface area contributed by atoms with Gasteiger partial charge in [0.05, 0.1) is 4.90 Å². The van der Waals surface area contributed by atoms with Crippen LogP contribution in [0.2, 0.25) is 0 Å². The van der Waals surface area contributed by atoms with Crippen molar-refractivity contribution in [3.63, 3.8) is 0 Å². The third-order valence-corrected chi connectivity index (χ3v) is 4.25. The van der Waals surface area contributed by atoms with Gasteiger partial charge in [-0.05, 0) is 24.6 Å². The molecule has 1 saturated heterocycles. The molecule has 1 fully saturated rings. The average Bonchev–Trinajstić information content (AvgIpc) is 2.29. The molecule has 1 aliphatic heterocycles. The molecule has 0 spiro atoms. The van der Waals surface area contributed by atoms with E-state index in [0.29, 0.717) is 10.9 Å². The second kappa shape index (κ2) is 4.76. The molecule has 0 aromatic heterocycles. The lowest BCUT2D eigenvalue weighted by molar-refractivity contribution is 0.345. The second-order valence-corrected chi connectivity index (χ2v) is 6.53. The van der Waals surface area contributed by atoms with Crippen molar-refractivity contribution in [3.05, 3.63) is 29.8 Å². The summed E-state index contributed by atoms with van der Waals surface area (Å²) in [6.07, 6.45) is 1.23. The Morgan fingerprint density at radius 2 is 1.71 bits per heavy atom. The molecule has 2 atom stereocenters. The van der Waals surface area contributed by atoms with Gasteiger partial charge in [-0.25, -0.2) is 8.42 Å². The smallest absolute Gasteiger partial charge is 0.175 e. The van der Waals surface area contributed by atoms with E-state index in [4.69, 9.17) is 0 Å². The summed E-state index contributed by atoms with van der Waals surface area (Å²) >= 11 is 0. The van der Waals surface area contributed by atoms with Crippen molar-refractivity contribution in [1.82, 2.24) is 10.6 Å². The summed E-state index contributed by atoms with van der Waals surface area (Å²) in [6.45, 7) is 4.03. The average molecular weight is 254 g/mol. The fourth-order valence-corrected chi connectivity index (χ4v) is 2.78. The first-order valence-corrected chi connectivity index (χ1v) is 7.64. The van der Waals surface area contributed by atoms with Crippen LogP contribution in [0.1, 0.15) is 18.5 Å². The van der Waals surface area contributed by atoms with Gasteiger partial charge >= 0.3 is 0 Å². The summed E-state index contributed by atoms with van der Waals surface area (Å²) in [5, 5.41) is 6.83. The molecule has 0 saturated carbocycles. The Balaban J connectivity index is 2.23. The monoisotopic (exact) mass is 254 g/mol. The van der Waals surface area contributed by atoms with Gasteiger partial charge in [0.1, 0.15) is 0 Å². The van der Waals surface area contributed by atoms with E-state index >= 15 is 0 Å². The van der Waals surface area contributed by atoms with Gasteiger partial charge < -0.3 is 10.6 Å². The molecule has 1 heterocycles. The summed E-state index contributed by atoms with van der Waals surface area (Å²) in [5.41, 5.74) is 1.12. The van der Waals surface area contributed by atoms with Crippen LogP contribution in [0.25, 0.3) is 0 Å². The number of hydrogen-bond donors (Lipinski definition) is 2. The lowest BCUT2D eigenvalue weighted by Gasteiger charge is -2.31. The Morgan fingerprint density at radius 1 is 1.12 bits per heavy atom. The fraction of sp³-hybridized carbons (Fsp3) is 0.500. The van der Waals surface area contributed by atoms with Crippen LogP contribution in [0.3, 0.4) is 0 Å². The molecule has 0 amide bonds. The predicted octanol–water partition coefficient (Wildman–Crippen LogP) is 0.712. The van der Waals surface area contributed by atoms with E-state index in [2.05, 4.69) is 17.6 Å². The molecule has 17 heavy (non-hydrogen) atoms. The van der Waals surface area contributed by atoms with Crippen LogP contribution in [0, 0.1) is 0 Å². The SMILES string of the molecule is CC1NCCNC1c1ccc(S(C)(=O)=O)cc1. The van der Waals surface area contributed by atoms with Gasteiger partial charge in [-0.2, -0.15) is 0 Å². The maximum absolute atomic E-state index is 11.4. The predicted molar refractivity (Wildman–Crippen MR) is 67.8 cm³/mol. The van der Waals surface area contributed by atoms with Crippen molar-refractivity contribution < 1.29 is 8.42 Å². The van der Waals surface area contributed by atoms with E-state index < -0.39 is 9.84 Å². The molecule has 5 heteroatoms. The van der Waals surface area contributed by atoms with E-state index in [1.165, 1.54) is 6.26 Å². The van der Waals surface area contributed by atoms with Crippen LogP contribution in [0.4, 0.5) is 0 Å². The third kappa shape index (κ3) is 2.86. The minimum absolute atomic E-state index is 0.248. The topological polar surface area (TPSA) is 58.2 Å². The zero-order valence-corrected chi connectivity index (χ0v) is 10.9. The lowest BCUT2D eigenvalue weighted by atomic mass is 9.99. The van der Waals surface area contributed by atoms with Crippen molar-refractivity contribution in [2.24, 2.45) is 0 Å². The standard InChI is InChI=1S/C12H18N2O2S/c1-9-12(14-8-7-13-9)10-3-5-11(6-4-10)17(2,15)16/h3-6,9,12-14H,7-8H2,1-2H3. The molecule has 1 aromatic carbocycles. The zero-order chi connectivity index (χ0) is 12.5. The van der Waals surface area contributed by atoms with Crippen molar-refractivity contribution in [2.75, 3.05) is 19.3 Å². The number of rotatable bonds is 2. The Morgan fingerprint density at radius 3 is 2.24 bits per heavy atom. The van der Waals surface area contributed by atoms with E-state index in [9.17, 15) is 8.42 Å². The minimum Gasteiger partial charge on any atom is -0.311 e. The molecule has 2 unspecified atom stereocenters. The highest BCUT2D eigenvalue weighted by molar-refractivity contribution is 7.90. The molecule has 2 N–H and O–H groups in total. The van der Waals surface area contributed by atoms with Crippen LogP contribution in [-0.4, -0.2) is 33.8 Å². The zero-order valence-electron chi connectivity index (χ0n) is 10.1. The molecular formula is C12H18N2O2S. The van der Waals surface area contributed by atoms with Gasteiger partial charge in [0.25, 0.3) is 0 Å². The number of sulfone groups is 1. The molecule has 1 aliphatic rings. The summed E-state index contributed by atoms with van der Waals surface area (Å²) in [6, 6.07) is 7.72. The van der Waals surface area contributed by atoms with E-state index in [-0.39, 0.29) is 6.04 Å². The van der Waals surface area contributed by atoms with Gasteiger partial charge in [-0.1, -0.05) is 12.1 Å². The molecule has 0 radical (unpaired) electrons. The van der Waals surface area contributed by atoms with Gasteiger partial charge in [0, 0.05) is 31.4 Å². The Bertz CT molecular complexity index is 482. The van der Waals surface area contributed by atoms with Crippen molar-refractivity contribution in [3.8, 4) is 0 Å². The van der Waals surface area contributed by atoms with Crippen LogP contribution < -0.4 is 10.6 Å². The Labute approximate surface area is 102 Å². The molecule has 0 aliphatic carbocycles. The molecule has 94 valence electrons. The Kier molecular flexibility index (Phi) is 3.51. The minimum atomic E-state index is -3.10. The van der Waals surface area contributed by atoms with E-state index in [1.807, 2.05) is 12.1 Å². The van der Waals surface area contributed by atoms with Crippen molar-refractivity contribution in [1.29, 1.82) is 0 Å². The number of hydrogen-bond acceptors (Lipinski definition) is 4. The third-order valence-electron chi connectivity index (χ3n) is 3.12. The molecule has 0 bridgehead atoms.